The van der Waals surface area contributed by atoms with Gasteiger partial charge >= 0.3 is 0 Å². The van der Waals surface area contributed by atoms with Crippen LogP contribution in [0.1, 0.15) is 21.5 Å². The molecule has 0 saturated heterocycles. The van der Waals surface area contributed by atoms with E-state index >= 15 is 0 Å². The topological polar surface area (TPSA) is 69.6 Å². The Morgan fingerprint density at radius 2 is 1.94 bits per heavy atom. The van der Waals surface area contributed by atoms with E-state index in [9.17, 15) is 15.0 Å². The first-order valence-corrected chi connectivity index (χ1v) is 6.34. The predicted molar refractivity (Wildman–Crippen MR) is 70.0 cm³/mol. The van der Waals surface area contributed by atoms with Crippen molar-refractivity contribution in [1.29, 1.82) is 0 Å². The smallest absolute Gasteiger partial charge is 0.259 e. The van der Waals surface area contributed by atoms with E-state index in [2.05, 4.69) is 5.32 Å². The fraction of sp³-hybridized carbons (Fsp3) is 0.154. The van der Waals surface area contributed by atoms with E-state index in [1.54, 1.807) is 11.3 Å². The van der Waals surface area contributed by atoms with Gasteiger partial charge < -0.3 is 15.5 Å². The average Bonchev–Trinajstić information content (AvgIpc) is 2.72. The zero-order valence-electron chi connectivity index (χ0n) is 9.80. The van der Waals surface area contributed by atoms with Crippen LogP contribution in [0.25, 0.3) is 0 Å². The van der Waals surface area contributed by atoms with Gasteiger partial charge in [-0.25, -0.2) is 0 Å². The molecule has 3 N–H and O–H groups in total. The summed E-state index contributed by atoms with van der Waals surface area (Å²) in [7, 11) is 0. The van der Waals surface area contributed by atoms with Gasteiger partial charge in [-0.2, -0.15) is 11.3 Å². The van der Waals surface area contributed by atoms with Gasteiger partial charge in [-0.15, -0.1) is 0 Å². The summed E-state index contributed by atoms with van der Waals surface area (Å²) in [6, 6.07) is 4.21. The second kappa shape index (κ2) is 5.10. The number of thiophene rings is 1. The van der Waals surface area contributed by atoms with E-state index in [-0.39, 0.29) is 17.1 Å². The SMILES string of the molecule is Cc1cscc1CNC(=O)c1c(O)cccc1O. The minimum Gasteiger partial charge on any atom is -0.507 e. The van der Waals surface area contributed by atoms with Crippen molar-refractivity contribution in [3.8, 4) is 11.5 Å². The molecule has 0 atom stereocenters. The first-order chi connectivity index (χ1) is 8.59. The fourth-order valence-electron chi connectivity index (χ4n) is 1.59. The van der Waals surface area contributed by atoms with Gasteiger partial charge in [-0.05, 0) is 40.9 Å². The van der Waals surface area contributed by atoms with Gasteiger partial charge in [0.05, 0.1) is 0 Å². The third-order valence-corrected chi connectivity index (χ3v) is 3.56. The highest BCUT2D eigenvalue weighted by atomic mass is 32.1. The molecule has 0 radical (unpaired) electrons. The molecule has 94 valence electrons. The maximum atomic E-state index is 11.9. The second-order valence-electron chi connectivity index (χ2n) is 3.93. The zero-order chi connectivity index (χ0) is 13.1. The molecule has 0 aliphatic carbocycles. The van der Waals surface area contributed by atoms with E-state index in [0.29, 0.717) is 6.54 Å². The largest absolute Gasteiger partial charge is 0.507 e. The highest BCUT2D eigenvalue weighted by Crippen LogP contribution is 2.26. The number of aryl methyl sites for hydroxylation is 1. The number of aromatic hydroxyl groups is 2. The maximum Gasteiger partial charge on any atom is 0.259 e. The number of nitrogens with one attached hydrogen (secondary N) is 1. The normalized spacial score (nSPS) is 10.3. The molecule has 0 unspecified atom stereocenters. The molecule has 2 aromatic rings. The Morgan fingerprint density at radius 3 is 2.50 bits per heavy atom. The third-order valence-electron chi connectivity index (χ3n) is 2.65. The number of carbonyl (C=O) groups is 1. The number of rotatable bonds is 3. The van der Waals surface area contributed by atoms with Gasteiger partial charge in [0.25, 0.3) is 5.91 Å². The minimum atomic E-state index is -0.490. The highest BCUT2D eigenvalue weighted by Gasteiger charge is 2.15. The molecule has 0 saturated carbocycles. The van der Waals surface area contributed by atoms with Gasteiger partial charge in [0.1, 0.15) is 17.1 Å². The van der Waals surface area contributed by atoms with Crippen molar-refractivity contribution in [2.45, 2.75) is 13.5 Å². The van der Waals surface area contributed by atoms with E-state index in [1.165, 1.54) is 18.2 Å². The Hall–Kier alpha value is -2.01. The van der Waals surface area contributed by atoms with Crippen LogP contribution in [0.3, 0.4) is 0 Å². The lowest BCUT2D eigenvalue weighted by Crippen LogP contribution is -2.23. The standard InChI is InChI=1S/C13H13NO3S/c1-8-6-18-7-9(8)5-14-13(17)12-10(15)3-2-4-11(12)16/h2-4,6-7,15-16H,5H2,1H3,(H,14,17). The Morgan fingerprint density at radius 1 is 1.28 bits per heavy atom. The van der Waals surface area contributed by atoms with E-state index < -0.39 is 5.91 Å². The summed E-state index contributed by atoms with van der Waals surface area (Å²) < 4.78 is 0. The molecule has 1 amide bonds. The monoisotopic (exact) mass is 263 g/mol. The molecule has 18 heavy (non-hydrogen) atoms. The summed E-state index contributed by atoms with van der Waals surface area (Å²) in [4.78, 5) is 11.9. The minimum absolute atomic E-state index is 0.0922. The molecule has 0 spiro atoms. The molecule has 5 heteroatoms. The molecule has 1 aromatic heterocycles. The zero-order valence-corrected chi connectivity index (χ0v) is 10.6. The van der Waals surface area contributed by atoms with Crippen LogP contribution in [0, 0.1) is 6.92 Å². The van der Waals surface area contributed by atoms with Gasteiger partial charge in [-0.3, -0.25) is 4.79 Å². The molecule has 2 rings (SSSR count). The van der Waals surface area contributed by atoms with Crippen LogP contribution in [0.5, 0.6) is 11.5 Å². The van der Waals surface area contributed by atoms with Crippen LogP contribution in [0.4, 0.5) is 0 Å². The first kappa shape index (κ1) is 12.4. The molecule has 0 bridgehead atoms. The first-order valence-electron chi connectivity index (χ1n) is 5.40. The van der Waals surface area contributed by atoms with Crippen molar-refractivity contribution in [3.05, 3.63) is 45.6 Å². The molecular weight excluding hydrogens is 250 g/mol. The summed E-state index contributed by atoms with van der Waals surface area (Å²) in [5, 5.41) is 25.7. The third kappa shape index (κ3) is 2.46. The number of amides is 1. The maximum absolute atomic E-state index is 11.9. The van der Waals surface area contributed by atoms with Crippen molar-refractivity contribution in [2.24, 2.45) is 0 Å². The number of hydrogen-bond donors (Lipinski definition) is 3. The predicted octanol–water partition coefficient (Wildman–Crippen LogP) is 2.40. The summed E-state index contributed by atoms with van der Waals surface area (Å²) in [6.07, 6.45) is 0. The van der Waals surface area contributed by atoms with Crippen LogP contribution < -0.4 is 5.32 Å². The van der Waals surface area contributed by atoms with Crippen LogP contribution in [0.2, 0.25) is 0 Å². The van der Waals surface area contributed by atoms with E-state index in [1.807, 2.05) is 17.7 Å². The summed E-state index contributed by atoms with van der Waals surface area (Å²) in [5.74, 6) is -0.944. The Labute approximate surface area is 109 Å². The van der Waals surface area contributed by atoms with Gasteiger partial charge in [0.2, 0.25) is 0 Å². The molecule has 0 aliphatic heterocycles. The Kier molecular flexibility index (Phi) is 3.53. The van der Waals surface area contributed by atoms with Crippen LogP contribution in [-0.2, 0) is 6.54 Å². The highest BCUT2D eigenvalue weighted by molar-refractivity contribution is 7.08. The van der Waals surface area contributed by atoms with Crippen molar-refractivity contribution in [1.82, 2.24) is 5.32 Å². The average molecular weight is 263 g/mol. The Bertz CT molecular complexity index is 557. The van der Waals surface area contributed by atoms with Crippen molar-refractivity contribution < 1.29 is 15.0 Å². The lowest BCUT2D eigenvalue weighted by atomic mass is 10.1. The summed E-state index contributed by atoms with van der Waals surface area (Å²) in [6.45, 7) is 2.34. The fourth-order valence-corrected chi connectivity index (χ4v) is 2.45. The van der Waals surface area contributed by atoms with Crippen molar-refractivity contribution >= 4 is 17.2 Å². The molecule has 0 aliphatic rings. The lowest BCUT2D eigenvalue weighted by molar-refractivity contribution is 0.0945. The lowest BCUT2D eigenvalue weighted by Gasteiger charge is -2.08. The van der Waals surface area contributed by atoms with Crippen LogP contribution in [-0.4, -0.2) is 16.1 Å². The van der Waals surface area contributed by atoms with Crippen LogP contribution >= 0.6 is 11.3 Å². The molecular formula is C13H13NO3S. The number of benzene rings is 1. The molecule has 0 fully saturated rings. The number of phenols is 2. The molecule has 1 aromatic carbocycles. The van der Waals surface area contributed by atoms with Gasteiger partial charge in [0.15, 0.2) is 0 Å². The van der Waals surface area contributed by atoms with Crippen LogP contribution in [0.15, 0.2) is 29.0 Å². The summed E-state index contributed by atoms with van der Waals surface area (Å²) >= 11 is 1.57. The Balaban J connectivity index is 2.11. The van der Waals surface area contributed by atoms with Crippen molar-refractivity contribution in [2.75, 3.05) is 0 Å². The van der Waals surface area contributed by atoms with Gasteiger partial charge in [-0.1, -0.05) is 6.07 Å². The summed E-state index contributed by atoms with van der Waals surface area (Å²) in [5.41, 5.74) is 2.05. The second-order valence-corrected chi connectivity index (χ2v) is 4.68. The van der Waals surface area contributed by atoms with Crippen molar-refractivity contribution in [3.63, 3.8) is 0 Å². The molecule has 4 nitrogen and oxygen atoms in total. The number of carbonyl (C=O) groups excluding carboxylic acids is 1. The number of hydrogen-bond acceptors (Lipinski definition) is 4. The number of phenolic OH excluding ortho intramolecular Hbond substituents is 2. The van der Waals surface area contributed by atoms with Gasteiger partial charge in [0, 0.05) is 6.54 Å². The quantitative estimate of drug-likeness (QED) is 0.796. The molecule has 1 heterocycles. The van der Waals surface area contributed by atoms with E-state index in [0.717, 1.165) is 11.1 Å². The van der Waals surface area contributed by atoms with E-state index in [4.69, 9.17) is 0 Å².